The fourth-order valence-electron chi connectivity index (χ4n) is 0.877. The van der Waals surface area contributed by atoms with Crippen molar-refractivity contribution < 1.29 is 9.94 Å². The SMILES string of the molecule is N/C(CCOc1ccccc1Cl)=N\O. The molecule has 4 nitrogen and oxygen atoms in total. The van der Waals surface area contributed by atoms with Crippen LogP contribution in [0.3, 0.4) is 0 Å². The second kappa shape index (κ2) is 5.34. The average molecular weight is 215 g/mol. The molecule has 0 saturated carbocycles. The van der Waals surface area contributed by atoms with Crippen LogP contribution in [0.1, 0.15) is 6.42 Å². The van der Waals surface area contributed by atoms with Gasteiger partial charge in [-0.3, -0.25) is 0 Å². The molecule has 14 heavy (non-hydrogen) atoms. The van der Waals surface area contributed by atoms with E-state index in [0.29, 0.717) is 23.8 Å². The van der Waals surface area contributed by atoms with Crippen molar-refractivity contribution in [3.63, 3.8) is 0 Å². The van der Waals surface area contributed by atoms with E-state index in [-0.39, 0.29) is 5.84 Å². The van der Waals surface area contributed by atoms with Gasteiger partial charge in [0.15, 0.2) is 0 Å². The van der Waals surface area contributed by atoms with Gasteiger partial charge in [0.25, 0.3) is 0 Å². The van der Waals surface area contributed by atoms with Crippen LogP contribution in [0.15, 0.2) is 29.4 Å². The lowest BCUT2D eigenvalue weighted by Crippen LogP contribution is -2.15. The Bertz CT molecular complexity index is 328. The Labute approximate surface area is 86.9 Å². The molecule has 3 N–H and O–H groups in total. The van der Waals surface area contributed by atoms with Crippen LogP contribution in [-0.2, 0) is 0 Å². The highest BCUT2D eigenvalue weighted by atomic mass is 35.5. The van der Waals surface area contributed by atoms with Crippen LogP contribution in [0.2, 0.25) is 5.02 Å². The monoisotopic (exact) mass is 214 g/mol. The third-order valence-corrected chi connectivity index (χ3v) is 1.89. The van der Waals surface area contributed by atoms with Crippen molar-refractivity contribution in [1.29, 1.82) is 0 Å². The van der Waals surface area contributed by atoms with E-state index in [1.54, 1.807) is 12.1 Å². The van der Waals surface area contributed by atoms with Crippen LogP contribution < -0.4 is 10.5 Å². The molecular weight excluding hydrogens is 204 g/mol. The number of nitrogens with zero attached hydrogens (tertiary/aromatic N) is 1. The van der Waals surface area contributed by atoms with E-state index in [0.717, 1.165) is 0 Å². The quantitative estimate of drug-likeness (QED) is 0.348. The van der Waals surface area contributed by atoms with Gasteiger partial charge in [-0.15, -0.1) is 0 Å². The summed E-state index contributed by atoms with van der Waals surface area (Å²) in [5, 5.41) is 11.6. The van der Waals surface area contributed by atoms with Crippen LogP contribution in [-0.4, -0.2) is 17.6 Å². The lowest BCUT2D eigenvalue weighted by atomic mass is 10.3. The predicted molar refractivity (Wildman–Crippen MR) is 55.0 cm³/mol. The minimum atomic E-state index is 0.136. The Morgan fingerprint density at radius 1 is 1.50 bits per heavy atom. The highest BCUT2D eigenvalue weighted by Gasteiger charge is 1.99. The fraction of sp³-hybridized carbons (Fsp3) is 0.222. The van der Waals surface area contributed by atoms with Crippen molar-refractivity contribution in [3.8, 4) is 5.75 Å². The summed E-state index contributed by atoms with van der Waals surface area (Å²) in [7, 11) is 0. The van der Waals surface area contributed by atoms with Crippen molar-refractivity contribution >= 4 is 17.4 Å². The molecule has 0 aliphatic carbocycles. The van der Waals surface area contributed by atoms with Gasteiger partial charge in [0.05, 0.1) is 11.6 Å². The number of benzene rings is 1. The highest BCUT2D eigenvalue weighted by Crippen LogP contribution is 2.22. The van der Waals surface area contributed by atoms with E-state index in [1.165, 1.54) is 0 Å². The van der Waals surface area contributed by atoms with Gasteiger partial charge < -0.3 is 15.7 Å². The molecule has 0 aliphatic heterocycles. The van der Waals surface area contributed by atoms with Crippen molar-refractivity contribution in [2.75, 3.05) is 6.61 Å². The fourth-order valence-corrected chi connectivity index (χ4v) is 1.07. The van der Waals surface area contributed by atoms with Gasteiger partial charge in [-0.1, -0.05) is 28.9 Å². The van der Waals surface area contributed by atoms with Gasteiger partial charge in [-0.2, -0.15) is 0 Å². The lowest BCUT2D eigenvalue weighted by Gasteiger charge is -2.06. The summed E-state index contributed by atoms with van der Waals surface area (Å²) in [5.41, 5.74) is 5.26. The maximum absolute atomic E-state index is 8.27. The summed E-state index contributed by atoms with van der Waals surface area (Å²) in [5.74, 6) is 0.733. The van der Waals surface area contributed by atoms with Crippen molar-refractivity contribution in [2.24, 2.45) is 10.9 Å². The smallest absolute Gasteiger partial charge is 0.142 e. The van der Waals surface area contributed by atoms with Gasteiger partial charge in [-0.25, -0.2) is 0 Å². The Hall–Kier alpha value is -1.42. The zero-order valence-electron chi connectivity index (χ0n) is 7.48. The Balaban J connectivity index is 2.43. The summed E-state index contributed by atoms with van der Waals surface area (Å²) in [6.45, 7) is 0.333. The molecule has 0 heterocycles. The van der Waals surface area contributed by atoms with Crippen LogP contribution in [0.4, 0.5) is 0 Å². The topological polar surface area (TPSA) is 67.8 Å². The number of nitrogens with two attached hydrogens (primary N) is 1. The van der Waals surface area contributed by atoms with Crippen molar-refractivity contribution in [3.05, 3.63) is 29.3 Å². The predicted octanol–water partition coefficient (Wildman–Crippen LogP) is 1.86. The molecule has 0 spiro atoms. The summed E-state index contributed by atoms with van der Waals surface area (Å²) in [4.78, 5) is 0. The first kappa shape index (κ1) is 10.7. The van der Waals surface area contributed by atoms with E-state index in [9.17, 15) is 0 Å². The molecule has 0 saturated heterocycles. The molecule has 0 aliphatic rings. The van der Waals surface area contributed by atoms with Gasteiger partial charge in [0.2, 0.25) is 0 Å². The summed E-state index contributed by atoms with van der Waals surface area (Å²) >= 11 is 5.84. The summed E-state index contributed by atoms with van der Waals surface area (Å²) in [6, 6.07) is 7.14. The second-order valence-electron chi connectivity index (χ2n) is 2.62. The van der Waals surface area contributed by atoms with E-state index >= 15 is 0 Å². The minimum Gasteiger partial charge on any atom is -0.492 e. The van der Waals surface area contributed by atoms with Gasteiger partial charge in [0, 0.05) is 6.42 Å². The molecule has 0 aromatic heterocycles. The molecule has 0 atom stereocenters. The Kier molecular flexibility index (Phi) is 4.07. The molecule has 1 aromatic carbocycles. The summed E-state index contributed by atoms with van der Waals surface area (Å²) < 4.78 is 5.31. The maximum Gasteiger partial charge on any atom is 0.142 e. The maximum atomic E-state index is 8.27. The van der Waals surface area contributed by atoms with Crippen molar-refractivity contribution in [2.45, 2.75) is 6.42 Å². The standard InChI is InChI=1S/C9H11ClN2O2/c10-7-3-1-2-4-8(7)14-6-5-9(11)12-13/h1-4,13H,5-6H2,(H2,11,12). The first-order chi connectivity index (χ1) is 6.74. The third-order valence-electron chi connectivity index (χ3n) is 1.58. The number of ether oxygens (including phenoxy) is 1. The zero-order valence-corrected chi connectivity index (χ0v) is 8.24. The number of hydrogen-bond donors (Lipinski definition) is 2. The van der Waals surface area contributed by atoms with E-state index in [4.69, 9.17) is 27.3 Å². The van der Waals surface area contributed by atoms with Crippen molar-refractivity contribution in [1.82, 2.24) is 0 Å². The van der Waals surface area contributed by atoms with E-state index in [1.807, 2.05) is 12.1 Å². The Morgan fingerprint density at radius 3 is 2.86 bits per heavy atom. The van der Waals surface area contributed by atoms with Crippen LogP contribution in [0.5, 0.6) is 5.75 Å². The number of hydrogen-bond acceptors (Lipinski definition) is 3. The molecule has 5 heteroatoms. The largest absolute Gasteiger partial charge is 0.492 e. The number of rotatable bonds is 4. The highest BCUT2D eigenvalue weighted by molar-refractivity contribution is 6.32. The minimum absolute atomic E-state index is 0.136. The average Bonchev–Trinajstić information content (AvgIpc) is 2.20. The number of amidine groups is 1. The Morgan fingerprint density at radius 2 is 2.21 bits per heavy atom. The van der Waals surface area contributed by atoms with Crippen LogP contribution >= 0.6 is 11.6 Å². The van der Waals surface area contributed by atoms with E-state index in [2.05, 4.69) is 5.16 Å². The van der Waals surface area contributed by atoms with Crippen LogP contribution in [0, 0.1) is 0 Å². The summed E-state index contributed by atoms with van der Waals surface area (Å²) in [6.07, 6.45) is 0.363. The number of oxime groups is 1. The molecular formula is C9H11ClN2O2. The number of halogens is 1. The van der Waals surface area contributed by atoms with E-state index < -0.39 is 0 Å². The normalized spacial score (nSPS) is 11.4. The molecule has 0 bridgehead atoms. The lowest BCUT2D eigenvalue weighted by molar-refractivity contribution is 0.305. The second-order valence-corrected chi connectivity index (χ2v) is 3.03. The molecule has 0 radical (unpaired) electrons. The van der Waals surface area contributed by atoms with Crippen LogP contribution in [0.25, 0.3) is 0 Å². The first-order valence-corrected chi connectivity index (χ1v) is 4.45. The van der Waals surface area contributed by atoms with Gasteiger partial charge in [-0.05, 0) is 12.1 Å². The molecule has 1 rings (SSSR count). The van der Waals surface area contributed by atoms with Gasteiger partial charge in [0.1, 0.15) is 11.6 Å². The molecule has 76 valence electrons. The number of para-hydroxylation sites is 1. The third kappa shape index (κ3) is 3.14. The first-order valence-electron chi connectivity index (χ1n) is 4.07. The molecule has 0 unspecified atom stereocenters. The molecule has 0 fully saturated rings. The molecule has 1 aromatic rings. The zero-order chi connectivity index (χ0) is 10.4. The van der Waals surface area contributed by atoms with Gasteiger partial charge >= 0.3 is 0 Å². The molecule has 0 amide bonds.